The maximum atomic E-state index is 14.7. The third-order valence-electron chi connectivity index (χ3n) is 9.71. The molecule has 1 aliphatic heterocycles. The van der Waals surface area contributed by atoms with Gasteiger partial charge in [-0.3, -0.25) is 28.8 Å². The van der Waals surface area contributed by atoms with Crippen molar-refractivity contribution in [2.24, 2.45) is 5.92 Å². The van der Waals surface area contributed by atoms with E-state index in [0.717, 1.165) is 20.3 Å². The number of hydrogen-bond donors (Lipinski definition) is 3. The van der Waals surface area contributed by atoms with Gasteiger partial charge in [0.15, 0.2) is 5.78 Å². The van der Waals surface area contributed by atoms with Gasteiger partial charge in [0, 0.05) is 40.4 Å². The summed E-state index contributed by atoms with van der Waals surface area (Å²) >= 11 is 3.47. The number of ketones is 1. The largest absolute Gasteiger partial charge is 0.472 e. The SMILES string of the molecule is C=C[C@@H]1C[C@]1(NC(=O)[C@@H]1C[C@@H](Oc2nccc3ccc(Br)cc23)CN1C(=O)[C@H](CCC(=O)C=C(C)C)N(C(=O)O)C(C)(C)C)C(=O)NS(=O)(=O)C1CC1. The first-order valence-corrected chi connectivity index (χ1v) is 19.8. The highest BCUT2D eigenvalue weighted by Crippen LogP contribution is 2.45. The number of fused-ring (bicyclic) bond motifs is 1. The van der Waals surface area contributed by atoms with Crippen LogP contribution in [0.3, 0.4) is 0 Å². The Kier molecular flexibility index (Phi) is 11.4. The highest BCUT2D eigenvalue weighted by molar-refractivity contribution is 9.10. The Morgan fingerprint density at radius 3 is 2.47 bits per heavy atom. The molecule has 0 bridgehead atoms. The third kappa shape index (κ3) is 8.91. The van der Waals surface area contributed by atoms with Gasteiger partial charge in [0.25, 0.3) is 5.91 Å². The number of pyridine rings is 1. The van der Waals surface area contributed by atoms with Crippen LogP contribution in [-0.2, 0) is 29.2 Å². The van der Waals surface area contributed by atoms with E-state index in [-0.39, 0.29) is 43.9 Å². The molecular weight excluding hydrogens is 770 g/mol. The average molecular weight is 817 g/mol. The van der Waals surface area contributed by atoms with E-state index in [4.69, 9.17) is 4.74 Å². The number of likely N-dealkylation sites (tertiary alicyclic amines) is 1. The molecular formula is C37H46BrN5O9S. The lowest BCUT2D eigenvalue weighted by Crippen LogP contribution is -2.61. The molecule has 5 rings (SSSR count). The number of sulfonamides is 1. The first-order chi connectivity index (χ1) is 24.8. The van der Waals surface area contributed by atoms with E-state index in [1.54, 1.807) is 40.8 Å². The number of hydrogen-bond acceptors (Lipinski definition) is 9. The lowest BCUT2D eigenvalue weighted by molar-refractivity contribution is -0.144. The molecule has 3 N–H and O–H groups in total. The zero-order valence-electron chi connectivity index (χ0n) is 30.4. The summed E-state index contributed by atoms with van der Waals surface area (Å²) in [6.07, 6.45) is 2.86. The number of carbonyl (C=O) groups excluding carboxylic acids is 4. The van der Waals surface area contributed by atoms with Crippen LogP contribution >= 0.6 is 15.9 Å². The summed E-state index contributed by atoms with van der Waals surface area (Å²) in [6.45, 7) is 12.0. The molecule has 286 valence electrons. The van der Waals surface area contributed by atoms with Gasteiger partial charge in [-0.25, -0.2) is 18.2 Å². The van der Waals surface area contributed by atoms with Crippen molar-refractivity contribution in [1.82, 2.24) is 24.8 Å². The third-order valence-corrected chi connectivity index (χ3v) is 12.0. The van der Waals surface area contributed by atoms with Crippen molar-refractivity contribution in [3.05, 3.63) is 59.2 Å². The summed E-state index contributed by atoms with van der Waals surface area (Å²) in [5.41, 5.74) is -1.96. The molecule has 2 heterocycles. The fraction of sp³-hybridized carbons (Fsp3) is 0.514. The van der Waals surface area contributed by atoms with E-state index < -0.39 is 74.3 Å². The van der Waals surface area contributed by atoms with Crippen molar-refractivity contribution < 1.29 is 42.2 Å². The fourth-order valence-electron chi connectivity index (χ4n) is 6.88. The van der Waals surface area contributed by atoms with Crippen LogP contribution in [0.4, 0.5) is 4.79 Å². The summed E-state index contributed by atoms with van der Waals surface area (Å²) in [6, 6.07) is 4.74. The summed E-state index contributed by atoms with van der Waals surface area (Å²) in [4.78, 5) is 74.7. The van der Waals surface area contributed by atoms with Gasteiger partial charge in [-0.1, -0.05) is 33.6 Å². The quantitative estimate of drug-likeness (QED) is 0.181. The monoisotopic (exact) mass is 815 g/mol. The molecule has 0 radical (unpaired) electrons. The minimum Gasteiger partial charge on any atom is -0.472 e. The Morgan fingerprint density at radius 2 is 1.89 bits per heavy atom. The summed E-state index contributed by atoms with van der Waals surface area (Å²) in [7, 11) is -3.94. The van der Waals surface area contributed by atoms with Crippen LogP contribution in [0.5, 0.6) is 5.88 Å². The minimum atomic E-state index is -3.94. The summed E-state index contributed by atoms with van der Waals surface area (Å²) in [5.74, 6) is -2.98. The number of allylic oxidation sites excluding steroid dienone is 2. The van der Waals surface area contributed by atoms with Crippen molar-refractivity contribution in [2.45, 2.75) is 108 Å². The zero-order chi connectivity index (χ0) is 39.0. The standard InChI is InChI=1S/C37H46BrN5O9S/c1-7-23-19-37(23,34(47)41-53(50,51)27-11-12-27)40-31(45)30-18-26(52-32-28-17-24(38)9-8-22(28)14-15-39-32)20-42(30)33(46)29(13-10-25(44)16-21(2)3)43(35(48)49)36(4,5)6/h7-9,14-17,23,26-27,29-30H,1,10-13,18-20H2,2-6H3,(H,40,45)(H,41,47)(H,48,49)/t23-,26-,29+,30+,37-/m1/s1. The lowest BCUT2D eigenvalue weighted by Gasteiger charge is -2.41. The van der Waals surface area contributed by atoms with Gasteiger partial charge >= 0.3 is 6.09 Å². The molecule has 1 aromatic carbocycles. The van der Waals surface area contributed by atoms with Gasteiger partial charge < -0.3 is 20.1 Å². The number of amides is 4. The number of benzene rings is 1. The smallest absolute Gasteiger partial charge is 0.408 e. The molecule has 2 aromatic rings. The highest BCUT2D eigenvalue weighted by atomic mass is 79.9. The van der Waals surface area contributed by atoms with Crippen molar-refractivity contribution in [3.63, 3.8) is 0 Å². The molecule has 14 nitrogen and oxygen atoms in total. The number of halogens is 1. The number of rotatable bonds is 14. The van der Waals surface area contributed by atoms with E-state index in [9.17, 15) is 37.5 Å². The molecule has 5 atom stereocenters. The van der Waals surface area contributed by atoms with E-state index in [1.165, 1.54) is 17.1 Å². The van der Waals surface area contributed by atoms with Crippen LogP contribution < -0.4 is 14.8 Å². The van der Waals surface area contributed by atoms with Crippen LogP contribution in [0.25, 0.3) is 10.8 Å². The molecule has 2 aliphatic carbocycles. The van der Waals surface area contributed by atoms with Gasteiger partial charge in [-0.15, -0.1) is 6.58 Å². The topological polar surface area (TPSA) is 192 Å². The molecule has 3 aliphatic rings. The number of carboxylic acid groups (broad SMARTS) is 1. The summed E-state index contributed by atoms with van der Waals surface area (Å²) in [5, 5.41) is 14.0. The molecule has 4 amide bonds. The van der Waals surface area contributed by atoms with Gasteiger partial charge in [0.2, 0.25) is 27.7 Å². The van der Waals surface area contributed by atoms with Crippen LogP contribution in [0, 0.1) is 5.92 Å². The average Bonchev–Trinajstić information content (AvgIpc) is 3.98. The second-order valence-electron chi connectivity index (χ2n) is 15.2. The van der Waals surface area contributed by atoms with Gasteiger partial charge in [0.05, 0.1) is 11.8 Å². The minimum absolute atomic E-state index is 0.0630. The first-order valence-electron chi connectivity index (χ1n) is 17.5. The number of ether oxygens (including phenoxy) is 1. The van der Waals surface area contributed by atoms with Gasteiger partial charge in [0.1, 0.15) is 23.7 Å². The zero-order valence-corrected chi connectivity index (χ0v) is 32.8. The second kappa shape index (κ2) is 15.2. The van der Waals surface area contributed by atoms with Crippen molar-refractivity contribution in [2.75, 3.05) is 6.54 Å². The molecule has 0 unspecified atom stereocenters. The van der Waals surface area contributed by atoms with Crippen molar-refractivity contribution >= 4 is 66.3 Å². The normalized spacial score (nSPS) is 23.1. The fourth-order valence-corrected chi connectivity index (χ4v) is 8.60. The Labute approximate surface area is 317 Å². The van der Waals surface area contributed by atoms with E-state index >= 15 is 0 Å². The van der Waals surface area contributed by atoms with E-state index in [1.807, 2.05) is 24.3 Å². The number of nitrogens with one attached hydrogen (secondary N) is 2. The Balaban J connectivity index is 1.50. The Morgan fingerprint density at radius 1 is 1.19 bits per heavy atom. The maximum Gasteiger partial charge on any atom is 0.408 e. The number of aromatic nitrogens is 1. The predicted molar refractivity (Wildman–Crippen MR) is 200 cm³/mol. The molecule has 53 heavy (non-hydrogen) atoms. The molecule has 3 fully saturated rings. The van der Waals surface area contributed by atoms with Crippen LogP contribution in [0.1, 0.15) is 73.1 Å². The lowest BCUT2D eigenvalue weighted by atomic mass is 9.98. The molecule has 1 saturated heterocycles. The van der Waals surface area contributed by atoms with Gasteiger partial charge in [-0.2, -0.15) is 0 Å². The maximum absolute atomic E-state index is 14.7. The predicted octanol–water partition coefficient (Wildman–Crippen LogP) is 4.48. The van der Waals surface area contributed by atoms with Crippen LogP contribution in [0.15, 0.2) is 59.2 Å². The van der Waals surface area contributed by atoms with E-state index in [0.29, 0.717) is 18.2 Å². The summed E-state index contributed by atoms with van der Waals surface area (Å²) < 4.78 is 34.7. The number of nitrogens with zero attached hydrogens (tertiary/aromatic N) is 3. The molecule has 16 heteroatoms. The Hall–Kier alpha value is -4.31. The van der Waals surface area contributed by atoms with Crippen molar-refractivity contribution in [1.29, 1.82) is 0 Å². The second-order valence-corrected chi connectivity index (χ2v) is 18.1. The number of carbonyl (C=O) groups is 5. The molecule has 0 spiro atoms. The van der Waals surface area contributed by atoms with Gasteiger partial charge in [-0.05, 0) is 90.0 Å². The Bertz CT molecular complexity index is 1970. The first kappa shape index (κ1) is 39.9. The van der Waals surface area contributed by atoms with Crippen LogP contribution in [0.2, 0.25) is 0 Å². The molecule has 2 saturated carbocycles. The highest BCUT2D eigenvalue weighted by Gasteiger charge is 2.62. The van der Waals surface area contributed by atoms with Crippen molar-refractivity contribution in [3.8, 4) is 5.88 Å². The van der Waals surface area contributed by atoms with Crippen LogP contribution in [-0.4, -0.2) is 99.0 Å². The molecule has 1 aromatic heterocycles. The van der Waals surface area contributed by atoms with E-state index in [2.05, 4.69) is 37.5 Å².